The molecular weight excluding hydrogens is 336 g/mol. The summed E-state index contributed by atoms with van der Waals surface area (Å²) in [6.45, 7) is 3.11. The smallest absolute Gasteiger partial charge is 0.276 e. The predicted molar refractivity (Wildman–Crippen MR) is 106 cm³/mol. The first-order valence-corrected chi connectivity index (χ1v) is 9.54. The molecule has 142 valence electrons. The number of benzene rings is 1. The molecule has 0 aliphatic carbocycles. The number of methoxy groups -OCH3 is 1. The molecule has 0 saturated heterocycles. The van der Waals surface area contributed by atoms with E-state index in [2.05, 4.69) is 24.9 Å². The summed E-state index contributed by atoms with van der Waals surface area (Å²) in [6, 6.07) is 5.93. The van der Waals surface area contributed by atoms with Crippen LogP contribution in [0.2, 0.25) is 0 Å². The first-order chi connectivity index (χ1) is 12.1. The van der Waals surface area contributed by atoms with Crippen molar-refractivity contribution in [2.45, 2.75) is 57.9 Å². The molecule has 0 aromatic heterocycles. The summed E-state index contributed by atoms with van der Waals surface area (Å²) in [4.78, 5) is 11.4. The molecule has 1 aromatic carbocycles. The molecule has 1 amide bonds. The molecule has 0 heterocycles. The maximum atomic E-state index is 11.4. The highest BCUT2D eigenvalue weighted by molar-refractivity contribution is 7.96. The van der Waals surface area contributed by atoms with Gasteiger partial charge in [0.15, 0.2) is 11.5 Å². The summed E-state index contributed by atoms with van der Waals surface area (Å²) in [7, 11) is 1.62. The summed E-state index contributed by atoms with van der Waals surface area (Å²) in [5.41, 5.74) is 6.57. The van der Waals surface area contributed by atoms with E-state index in [-0.39, 0.29) is 11.3 Å². The lowest BCUT2D eigenvalue weighted by molar-refractivity contribution is 0.256. The number of nitrogens with two attached hydrogens (primary N) is 1. The second kappa shape index (κ2) is 12.9. The molecule has 6 heteroatoms. The summed E-state index contributed by atoms with van der Waals surface area (Å²) in [5.74, 6) is 1.37. The molecule has 1 aromatic rings. The number of carbonyl (C=O) groups is 1. The topological polar surface area (TPSA) is 73.6 Å². The van der Waals surface area contributed by atoms with Crippen molar-refractivity contribution in [1.82, 2.24) is 5.32 Å². The highest BCUT2D eigenvalue weighted by atomic mass is 32.1. The minimum Gasteiger partial charge on any atom is -0.493 e. The van der Waals surface area contributed by atoms with E-state index in [0.29, 0.717) is 24.7 Å². The maximum Gasteiger partial charge on any atom is 0.276 e. The number of hydrogen-bond donors (Lipinski definition) is 3. The summed E-state index contributed by atoms with van der Waals surface area (Å²) < 4.78 is 11.0. The van der Waals surface area contributed by atoms with Crippen LogP contribution < -0.4 is 20.5 Å². The van der Waals surface area contributed by atoms with E-state index in [9.17, 15) is 4.79 Å². The molecule has 25 heavy (non-hydrogen) atoms. The normalized spacial score (nSPS) is 11.8. The minimum atomic E-state index is -0.284. The number of nitrogens with one attached hydrogen (secondary N) is 1. The predicted octanol–water partition coefficient (Wildman–Crippen LogP) is 3.94. The van der Waals surface area contributed by atoms with E-state index in [1.54, 1.807) is 7.11 Å². The molecule has 0 fully saturated rings. The van der Waals surface area contributed by atoms with E-state index in [0.717, 1.165) is 24.8 Å². The molecule has 0 aliphatic rings. The molecule has 5 nitrogen and oxygen atoms in total. The number of rotatable bonds is 13. The number of carbonyl (C=O) groups excluding carboxylic acids is 1. The molecule has 1 rings (SSSR count). The van der Waals surface area contributed by atoms with Crippen molar-refractivity contribution in [2.24, 2.45) is 5.73 Å². The van der Waals surface area contributed by atoms with Crippen LogP contribution in [-0.4, -0.2) is 31.5 Å². The molecular formula is C19H32N2O3S. The van der Waals surface area contributed by atoms with Gasteiger partial charge < -0.3 is 20.5 Å². The molecule has 0 bridgehead atoms. The standard InChI is InChI=1S/C19H32N2O3S/c1-3-4-5-6-7-8-16(21-19(22)25)13-15-9-10-17(24-12-11-20)18(14-15)23-2/h9-10,14,16H,3-8,11-13,20H2,1-2H3,(H2,21,22,25). The van der Waals surface area contributed by atoms with Crippen LogP contribution in [0.4, 0.5) is 4.79 Å². The Morgan fingerprint density at radius 2 is 2.00 bits per heavy atom. The molecule has 3 N–H and O–H groups in total. The monoisotopic (exact) mass is 368 g/mol. The molecule has 1 atom stereocenters. The van der Waals surface area contributed by atoms with Crippen LogP contribution in [0, 0.1) is 0 Å². The van der Waals surface area contributed by atoms with E-state index >= 15 is 0 Å². The summed E-state index contributed by atoms with van der Waals surface area (Å²) >= 11 is 3.87. The van der Waals surface area contributed by atoms with Crippen LogP contribution in [0.15, 0.2) is 18.2 Å². The van der Waals surface area contributed by atoms with Crippen LogP contribution in [0.5, 0.6) is 11.5 Å². The van der Waals surface area contributed by atoms with Gasteiger partial charge in [0.2, 0.25) is 0 Å². The average Bonchev–Trinajstić information content (AvgIpc) is 2.59. The van der Waals surface area contributed by atoms with Gasteiger partial charge in [0.05, 0.1) is 7.11 Å². The number of ether oxygens (including phenoxy) is 2. The first kappa shape index (κ1) is 21.6. The van der Waals surface area contributed by atoms with Gasteiger partial charge in [0.1, 0.15) is 6.61 Å². The van der Waals surface area contributed by atoms with Gasteiger partial charge in [-0.1, -0.05) is 57.7 Å². The second-order valence-electron chi connectivity index (χ2n) is 6.18. The Hall–Kier alpha value is -1.40. The van der Waals surface area contributed by atoms with Gasteiger partial charge in [-0.25, -0.2) is 0 Å². The van der Waals surface area contributed by atoms with Crippen molar-refractivity contribution in [3.8, 4) is 11.5 Å². The van der Waals surface area contributed by atoms with Gasteiger partial charge in [-0.3, -0.25) is 4.79 Å². The molecule has 0 aliphatic heterocycles. The largest absolute Gasteiger partial charge is 0.493 e. The molecule has 0 radical (unpaired) electrons. The Morgan fingerprint density at radius 3 is 2.64 bits per heavy atom. The van der Waals surface area contributed by atoms with Gasteiger partial charge in [-0.05, 0) is 30.5 Å². The van der Waals surface area contributed by atoms with Gasteiger partial charge in [0.25, 0.3) is 5.24 Å². The highest BCUT2D eigenvalue weighted by Crippen LogP contribution is 2.28. The van der Waals surface area contributed by atoms with Crippen molar-refractivity contribution in [3.63, 3.8) is 0 Å². The zero-order chi connectivity index (χ0) is 18.5. The summed E-state index contributed by atoms with van der Waals surface area (Å²) in [5, 5.41) is 2.66. The third kappa shape index (κ3) is 9.02. The Balaban J connectivity index is 2.66. The first-order valence-electron chi connectivity index (χ1n) is 9.10. The average molecular weight is 369 g/mol. The minimum absolute atomic E-state index is 0.0761. The quantitative estimate of drug-likeness (QED) is 0.364. The SMILES string of the molecule is CCCCCCCC(Cc1ccc(OCCN)c(OC)c1)NC(=O)S. The maximum absolute atomic E-state index is 11.4. The van der Waals surface area contributed by atoms with Crippen LogP contribution in [0.1, 0.15) is 51.0 Å². The fraction of sp³-hybridized carbons (Fsp3) is 0.632. The van der Waals surface area contributed by atoms with Gasteiger partial charge >= 0.3 is 0 Å². The van der Waals surface area contributed by atoms with Crippen LogP contribution in [-0.2, 0) is 6.42 Å². The number of amides is 1. The van der Waals surface area contributed by atoms with Crippen molar-refractivity contribution in [3.05, 3.63) is 23.8 Å². The second-order valence-corrected chi connectivity index (χ2v) is 6.58. The Labute approximate surface area is 157 Å². The molecule has 0 saturated carbocycles. The number of thiol groups is 1. The van der Waals surface area contributed by atoms with Crippen LogP contribution in [0.25, 0.3) is 0 Å². The Kier molecular flexibility index (Phi) is 11.2. The van der Waals surface area contributed by atoms with E-state index < -0.39 is 0 Å². The Bertz CT molecular complexity index is 511. The van der Waals surface area contributed by atoms with Crippen molar-refractivity contribution >= 4 is 17.9 Å². The summed E-state index contributed by atoms with van der Waals surface area (Å²) in [6.07, 6.45) is 7.74. The van der Waals surface area contributed by atoms with Crippen molar-refractivity contribution < 1.29 is 14.3 Å². The lowest BCUT2D eigenvalue weighted by atomic mass is 9.99. The lowest BCUT2D eigenvalue weighted by Crippen LogP contribution is -2.33. The van der Waals surface area contributed by atoms with E-state index in [1.165, 1.54) is 25.7 Å². The third-order valence-corrected chi connectivity index (χ3v) is 4.20. The van der Waals surface area contributed by atoms with E-state index in [1.807, 2.05) is 18.2 Å². The number of hydrogen-bond acceptors (Lipinski definition) is 4. The van der Waals surface area contributed by atoms with Crippen molar-refractivity contribution in [2.75, 3.05) is 20.3 Å². The van der Waals surface area contributed by atoms with Crippen molar-refractivity contribution in [1.29, 1.82) is 0 Å². The van der Waals surface area contributed by atoms with E-state index in [4.69, 9.17) is 15.2 Å². The molecule has 0 spiro atoms. The Morgan fingerprint density at radius 1 is 1.24 bits per heavy atom. The van der Waals surface area contributed by atoms with Crippen LogP contribution in [0.3, 0.4) is 0 Å². The lowest BCUT2D eigenvalue weighted by Gasteiger charge is -2.19. The zero-order valence-corrected chi connectivity index (χ0v) is 16.3. The van der Waals surface area contributed by atoms with Gasteiger partial charge in [0, 0.05) is 12.6 Å². The van der Waals surface area contributed by atoms with Gasteiger partial charge in [-0.15, -0.1) is 0 Å². The van der Waals surface area contributed by atoms with Crippen LogP contribution >= 0.6 is 12.6 Å². The third-order valence-electron chi connectivity index (χ3n) is 4.07. The zero-order valence-electron chi connectivity index (χ0n) is 15.4. The molecule has 1 unspecified atom stereocenters. The van der Waals surface area contributed by atoms with Gasteiger partial charge in [-0.2, -0.15) is 0 Å². The highest BCUT2D eigenvalue weighted by Gasteiger charge is 2.13. The fourth-order valence-corrected chi connectivity index (χ4v) is 2.99. The fourth-order valence-electron chi connectivity index (χ4n) is 2.81. The number of unbranched alkanes of at least 4 members (excludes halogenated alkanes) is 4.